The third-order valence-electron chi connectivity index (χ3n) is 2.04. The Bertz CT molecular complexity index is 462. The van der Waals surface area contributed by atoms with Crippen molar-refractivity contribution in [2.24, 2.45) is 0 Å². The molecule has 14 heavy (non-hydrogen) atoms. The quantitative estimate of drug-likeness (QED) is 0.631. The molecule has 4 heteroatoms. The van der Waals surface area contributed by atoms with Crippen molar-refractivity contribution in [3.05, 3.63) is 18.2 Å². The first-order chi connectivity index (χ1) is 6.76. The fourth-order valence-electron chi connectivity index (χ4n) is 1.36. The zero-order valence-electron chi connectivity index (χ0n) is 7.90. The molecule has 1 heterocycles. The molecular weight excluding hydrogens is 232 g/mol. The zero-order valence-corrected chi connectivity index (χ0v) is 10.4. The van der Waals surface area contributed by atoms with Gasteiger partial charge in [0.05, 0.1) is 11.3 Å². The van der Waals surface area contributed by atoms with Gasteiger partial charge in [0.1, 0.15) is 5.75 Å². The van der Waals surface area contributed by atoms with E-state index in [2.05, 4.69) is 31.0 Å². The molecule has 0 aliphatic rings. The Morgan fingerprint density at radius 2 is 2.21 bits per heavy atom. The number of hydrogen-bond acceptors (Lipinski definition) is 4. The van der Waals surface area contributed by atoms with Gasteiger partial charge in [-0.25, -0.2) is 0 Å². The van der Waals surface area contributed by atoms with Crippen molar-refractivity contribution in [1.29, 1.82) is 0 Å². The molecule has 0 saturated heterocycles. The van der Waals surface area contributed by atoms with Gasteiger partial charge in [-0.1, -0.05) is 0 Å². The molecule has 0 amide bonds. The molecule has 0 aliphatic carbocycles. The van der Waals surface area contributed by atoms with E-state index in [1.165, 1.54) is 15.0 Å². The monoisotopic (exact) mass is 242 g/mol. The van der Waals surface area contributed by atoms with E-state index >= 15 is 0 Å². The summed E-state index contributed by atoms with van der Waals surface area (Å²) in [6.07, 6.45) is 2.07. The average Bonchev–Trinajstić information content (AvgIpc) is 2.51. The molecule has 1 nitrogen and oxygen atoms in total. The Balaban J connectivity index is 2.68. The summed E-state index contributed by atoms with van der Waals surface area (Å²) < 4.78 is 7.50. The van der Waals surface area contributed by atoms with Crippen molar-refractivity contribution >= 4 is 45.8 Å². The summed E-state index contributed by atoms with van der Waals surface area (Å²) in [5, 5.41) is 1.27. The van der Waals surface area contributed by atoms with Crippen molar-refractivity contribution < 1.29 is 4.74 Å². The Morgan fingerprint density at radius 1 is 1.43 bits per heavy atom. The van der Waals surface area contributed by atoms with Crippen LogP contribution < -0.4 is 4.74 Å². The highest BCUT2D eigenvalue weighted by Gasteiger charge is 2.08. The summed E-state index contributed by atoms with van der Waals surface area (Å²) >= 11 is 7.89. The Labute approximate surface area is 96.9 Å². The summed E-state index contributed by atoms with van der Waals surface area (Å²) in [5.41, 5.74) is 0. The normalized spacial score (nSPS) is 10.8. The summed E-state index contributed by atoms with van der Waals surface area (Å²) in [5.74, 6) is 0.903. The van der Waals surface area contributed by atoms with E-state index in [4.69, 9.17) is 4.74 Å². The fraction of sp³-hybridized carbons (Fsp3) is 0.200. The van der Waals surface area contributed by atoms with Crippen molar-refractivity contribution in [2.45, 2.75) is 9.10 Å². The molecule has 2 aromatic rings. The zero-order chi connectivity index (χ0) is 10.1. The molecule has 0 aliphatic heterocycles. The first kappa shape index (κ1) is 10.2. The van der Waals surface area contributed by atoms with Crippen LogP contribution in [0.5, 0.6) is 5.75 Å². The minimum Gasteiger partial charge on any atom is -0.497 e. The van der Waals surface area contributed by atoms with Crippen LogP contribution >= 0.6 is 35.7 Å². The highest BCUT2D eigenvalue weighted by Crippen LogP contribution is 2.40. The van der Waals surface area contributed by atoms with E-state index in [0.29, 0.717) is 0 Å². The van der Waals surface area contributed by atoms with Gasteiger partial charge in [0, 0.05) is 15.0 Å². The van der Waals surface area contributed by atoms with Gasteiger partial charge in [0.15, 0.2) is 0 Å². The first-order valence-corrected chi connectivity index (χ1v) is 6.58. The Hall–Kier alpha value is -0.320. The number of thioether (sulfide) groups is 1. The van der Waals surface area contributed by atoms with Crippen LogP contribution in [0, 0.1) is 0 Å². The molecule has 1 aromatic heterocycles. The molecule has 0 spiro atoms. The third-order valence-corrected chi connectivity index (χ3v) is 4.60. The highest BCUT2D eigenvalue weighted by molar-refractivity contribution is 7.99. The Morgan fingerprint density at radius 3 is 2.86 bits per heavy atom. The molecule has 0 N–H and O–H groups in total. The minimum atomic E-state index is 0.903. The minimum absolute atomic E-state index is 0.903. The lowest BCUT2D eigenvalue weighted by molar-refractivity contribution is 0.415. The summed E-state index contributed by atoms with van der Waals surface area (Å²) in [7, 11) is 1.69. The van der Waals surface area contributed by atoms with Gasteiger partial charge in [0.2, 0.25) is 0 Å². The smallest absolute Gasteiger partial charge is 0.120 e. The molecule has 2 rings (SSSR count). The molecule has 0 radical (unpaired) electrons. The molecule has 0 fully saturated rings. The number of benzene rings is 1. The van der Waals surface area contributed by atoms with E-state index in [0.717, 1.165) is 9.96 Å². The molecule has 74 valence electrons. The average molecular weight is 242 g/mol. The molecular formula is C10H10OS3. The van der Waals surface area contributed by atoms with Crippen LogP contribution in [0.15, 0.2) is 27.3 Å². The van der Waals surface area contributed by atoms with Gasteiger partial charge in [0.25, 0.3) is 0 Å². The van der Waals surface area contributed by atoms with Crippen molar-refractivity contribution in [2.75, 3.05) is 13.4 Å². The second-order valence-corrected chi connectivity index (χ2v) is 5.42. The van der Waals surface area contributed by atoms with Gasteiger partial charge in [-0.05, 0) is 24.5 Å². The number of ether oxygens (including phenoxy) is 1. The van der Waals surface area contributed by atoms with E-state index in [-0.39, 0.29) is 0 Å². The van der Waals surface area contributed by atoms with Gasteiger partial charge < -0.3 is 4.74 Å². The molecule has 0 bridgehead atoms. The molecule has 1 aromatic carbocycles. The van der Waals surface area contributed by atoms with E-state index in [9.17, 15) is 0 Å². The van der Waals surface area contributed by atoms with Gasteiger partial charge in [-0.15, -0.1) is 35.7 Å². The lowest BCUT2D eigenvalue weighted by atomic mass is 10.2. The van der Waals surface area contributed by atoms with E-state index < -0.39 is 0 Å². The van der Waals surface area contributed by atoms with Gasteiger partial charge in [-0.3, -0.25) is 0 Å². The van der Waals surface area contributed by atoms with Crippen molar-refractivity contribution in [3.8, 4) is 5.75 Å². The summed E-state index contributed by atoms with van der Waals surface area (Å²) in [4.78, 5) is 1.26. The number of thiol groups is 1. The molecule has 0 unspecified atom stereocenters. The summed E-state index contributed by atoms with van der Waals surface area (Å²) in [6.45, 7) is 0. The lowest BCUT2D eigenvalue weighted by Crippen LogP contribution is -1.80. The van der Waals surface area contributed by atoms with E-state index in [1.807, 2.05) is 6.07 Å². The number of thiophene rings is 1. The van der Waals surface area contributed by atoms with Crippen LogP contribution in [-0.2, 0) is 0 Å². The van der Waals surface area contributed by atoms with Crippen LogP contribution in [0.4, 0.5) is 0 Å². The predicted molar refractivity (Wildman–Crippen MR) is 67.4 cm³/mol. The maximum atomic E-state index is 5.18. The molecule has 0 atom stereocenters. The third kappa shape index (κ3) is 1.62. The molecule has 0 saturated carbocycles. The largest absolute Gasteiger partial charge is 0.497 e. The number of methoxy groups -OCH3 is 1. The first-order valence-electron chi connectivity index (χ1n) is 4.09. The van der Waals surface area contributed by atoms with Gasteiger partial charge >= 0.3 is 0 Å². The highest BCUT2D eigenvalue weighted by atomic mass is 32.2. The second kappa shape index (κ2) is 4.04. The van der Waals surface area contributed by atoms with Crippen molar-refractivity contribution in [3.63, 3.8) is 0 Å². The van der Waals surface area contributed by atoms with Gasteiger partial charge in [-0.2, -0.15) is 0 Å². The number of hydrogen-bond donors (Lipinski definition) is 1. The number of rotatable bonds is 2. The maximum absolute atomic E-state index is 5.18. The van der Waals surface area contributed by atoms with E-state index in [1.54, 1.807) is 30.2 Å². The fourth-order valence-corrected chi connectivity index (χ4v) is 3.93. The van der Waals surface area contributed by atoms with Crippen LogP contribution in [0.1, 0.15) is 0 Å². The Kier molecular flexibility index (Phi) is 2.95. The van der Waals surface area contributed by atoms with Crippen LogP contribution in [0.2, 0.25) is 0 Å². The van der Waals surface area contributed by atoms with Crippen LogP contribution in [-0.4, -0.2) is 13.4 Å². The number of fused-ring (bicyclic) bond motifs is 1. The summed E-state index contributed by atoms with van der Waals surface area (Å²) in [6, 6.07) is 6.14. The van der Waals surface area contributed by atoms with Crippen molar-refractivity contribution in [1.82, 2.24) is 0 Å². The topological polar surface area (TPSA) is 9.23 Å². The van der Waals surface area contributed by atoms with Crippen LogP contribution in [0.3, 0.4) is 0 Å². The predicted octanol–water partition coefficient (Wildman–Crippen LogP) is 3.92. The second-order valence-electron chi connectivity index (χ2n) is 2.80. The van der Waals surface area contributed by atoms with Crippen LogP contribution in [0.25, 0.3) is 10.1 Å². The standard InChI is InChI=1S/C10H10OS3/c1-11-6-3-4-7-8(5-6)14-10(12)9(7)13-2/h3-5,12H,1-2H3. The lowest BCUT2D eigenvalue weighted by Gasteiger charge is -1.99. The SMILES string of the molecule is COc1ccc2c(SC)c(S)sc2c1. The maximum Gasteiger partial charge on any atom is 0.120 e.